The van der Waals surface area contributed by atoms with Crippen molar-refractivity contribution < 1.29 is 0 Å². The predicted octanol–water partition coefficient (Wildman–Crippen LogP) is 6.21. The van der Waals surface area contributed by atoms with Gasteiger partial charge in [0, 0.05) is 0 Å². The third-order valence-corrected chi connectivity index (χ3v) is 4.55. The molecule has 3 atom stereocenters. The lowest BCUT2D eigenvalue weighted by Crippen LogP contribution is -2.10. The molecule has 0 aliphatic heterocycles. The smallest absolute Gasteiger partial charge is 0.0610 e. The summed E-state index contributed by atoms with van der Waals surface area (Å²) in [6.07, 6.45) is 6.54. The first-order chi connectivity index (χ1) is 8.69. The Labute approximate surface area is 118 Å². The summed E-state index contributed by atoms with van der Waals surface area (Å²) in [6, 6.07) is 10.5. The number of alkyl halides is 1. The Kier molecular flexibility index (Phi) is 7.42. The first kappa shape index (κ1) is 15.6. The molecule has 1 aromatic rings. The number of halogens is 1. The number of hydrogen-bond donors (Lipinski definition) is 0. The van der Waals surface area contributed by atoms with Gasteiger partial charge in [-0.25, -0.2) is 0 Å². The van der Waals surface area contributed by atoms with Crippen molar-refractivity contribution in [1.82, 2.24) is 0 Å². The topological polar surface area (TPSA) is 0 Å². The Morgan fingerprint density at radius 1 is 1.11 bits per heavy atom. The molecule has 0 saturated heterocycles. The van der Waals surface area contributed by atoms with E-state index in [4.69, 9.17) is 11.6 Å². The molecule has 0 bridgehead atoms. The molecule has 0 nitrogen and oxygen atoms in total. The summed E-state index contributed by atoms with van der Waals surface area (Å²) in [5.41, 5.74) is 1.26. The molecule has 0 amide bonds. The van der Waals surface area contributed by atoms with E-state index in [0.29, 0.717) is 5.92 Å². The van der Waals surface area contributed by atoms with Gasteiger partial charge in [-0.1, -0.05) is 76.8 Å². The molecule has 1 aromatic carbocycles. The van der Waals surface area contributed by atoms with Gasteiger partial charge < -0.3 is 0 Å². The first-order valence-electron chi connectivity index (χ1n) is 7.38. The molecule has 102 valence electrons. The Balaban J connectivity index is 2.50. The van der Waals surface area contributed by atoms with E-state index in [1.807, 2.05) is 6.07 Å². The lowest BCUT2D eigenvalue weighted by molar-refractivity contribution is 0.346. The van der Waals surface area contributed by atoms with Crippen molar-refractivity contribution in [3.63, 3.8) is 0 Å². The monoisotopic (exact) mass is 266 g/mol. The fraction of sp³-hybridized carbons (Fsp3) is 0.647. The number of hydrogen-bond acceptors (Lipinski definition) is 0. The van der Waals surface area contributed by atoms with E-state index in [1.54, 1.807) is 0 Å². The average Bonchev–Trinajstić information content (AvgIpc) is 2.43. The lowest BCUT2D eigenvalue weighted by atomic mass is 9.86. The highest BCUT2D eigenvalue weighted by Crippen LogP contribution is 2.34. The Morgan fingerprint density at radius 3 is 2.33 bits per heavy atom. The van der Waals surface area contributed by atoms with Crippen molar-refractivity contribution in [3.05, 3.63) is 35.9 Å². The minimum absolute atomic E-state index is 0.155. The molecule has 0 N–H and O–H groups in total. The normalized spacial score (nSPS) is 16.2. The summed E-state index contributed by atoms with van der Waals surface area (Å²) in [6.45, 7) is 6.86. The molecule has 0 aromatic heterocycles. The number of benzene rings is 1. The molecule has 0 aliphatic rings. The Bertz CT molecular complexity index is 307. The van der Waals surface area contributed by atoms with Crippen LogP contribution in [0.4, 0.5) is 0 Å². The van der Waals surface area contributed by atoms with Gasteiger partial charge in [0.05, 0.1) is 5.38 Å². The van der Waals surface area contributed by atoms with E-state index in [2.05, 4.69) is 45.0 Å². The molecule has 3 unspecified atom stereocenters. The molecule has 0 heterocycles. The molecular weight excluding hydrogens is 240 g/mol. The zero-order valence-electron chi connectivity index (χ0n) is 12.0. The SMILES string of the molecule is CCCCC(CC)CC(C)C(Cl)c1ccccc1. The van der Waals surface area contributed by atoms with E-state index in [0.717, 1.165) is 5.92 Å². The average molecular weight is 267 g/mol. The second-order valence-electron chi connectivity index (χ2n) is 5.44. The molecule has 0 saturated carbocycles. The van der Waals surface area contributed by atoms with E-state index >= 15 is 0 Å². The maximum atomic E-state index is 6.59. The van der Waals surface area contributed by atoms with Gasteiger partial charge in [-0.05, 0) is 23.8 Å². The minimum Gasteiger partial charge on any atom is -0.118 e. The van der Waals surface area contributed by atoms with Crippen molar-refractivity contribution >= 4 is 11.6 Å². The van der Waals surface area contributed by atoms with Crippen LogP contribution < -0.4 is 0 Å². The summed E-state index contributed by atoms with van der Waals surface area (Å²) in [4.78, 5) is 0. The second-order valence-corrected chi connectivity index (χ2v) is 5.91. The van der Waals surface area contributed by atoms with E-state index in [9.17, 15) is 0 Å². The lowest BCUT2D eigenvalue weighted by Gasteiger charge is -2.23. The second kappa shape index (κ2) is 8.58. The molecule has 0 radical (unpaired) electrons. The zero-order chi connectivity index (χ0) is 13.4. The standard InChI is InChI=1S/C17H27Cl/c1-4-6-10-15(5-2)13-14(3)17(18)16-11-8-7-9-12-16/h7-9,11-12,14-15,17H,4-6,10,13H2,1-3H3. The predicted molar refractivity (Wildman–Crippen MR) is 82.1 cm³/mol. The fourth-order valence-corrected chi connectivity index (χ4v) is 2.84. The van der Waals surface area contributed by atoms with Crippen molar-refractivity contribution in [3.8, 4) is 0 Å². The summed E-state index contributed by atoms with van der Waals surface area (Å²) >= 11 is 6.59. The summed E-state index contributed by atoms with van der Waals surface area (Å²) in [7, 11) is 0. The van der Waals surface area contributed by atoms with Gasteiger partial charge in [-0.15, -0.1) is 11.6 Å². The molecular formula is C17H27Cl. The molecule has 0 aliphatic carbocycles. The maximum Gasteiger partial charge on any atom is 0.0610 e. The quantitative estimate of drug-likeness (QED) is 0.491. The van der Waals surface area contributed by atoms with Crippen LogP contribution >= 0.6 is 11.6 Å². The van der Waals surface area contributed by atoms with E-state index in [-0.39, 0.29) is 5.38 Å². The summed E-state index contributed by atoms with van der Waals surface area (Å²) < 4.78 is 0. The highest BCUT2D eigenvalue weighted by molar-refractivity contribution is 6.20. The van der Waals surface area contributed by atoms with Crippen LogP contribution in [0.25, 0.3) is 0 Å². The third kappa shape index (κ3) is 5.02. The largest absolute Gasteiger partial charge is 0.118 e. The van der Waals surface area contributed by atoms with Gasteiger partial charge in [0.2, 0.25) is 0 Å². The fourth-order valence-electron chi connectivity index (χ4n) is 2.59. The summed E-state index contributed by atoms with van der Waals surface area (Å²) in [5, 5.41) is 0.155. The van der Waals surface area contributed by atoms with Gasteiger partial charge in [-0.2, -0.15) is 0 Å². The van der Waals surface area contributed by atoms with Crippen LogP contribution in [0.5, 0.6) is 0 Å². The van der Waals surface area contributed by atoms with Crippen LogP contribution in [0.15, 0.2) is 30.3 Å². The number of unbranched alkanes of at least 4 members (excludes halogenated alkanes) is 1. The van der Waals surface area contributed by atoms with Crippen LogP contribution in [0.3, 0.4) is 0 Å². The van der Waals surface area contributed by atoms with E-state index in [1.165, 1.54) is 37.7 Å². The van der Waals surface area contributed by atoms with Crippen molar-refractivity contribution in [2.24, 2.45) is 11.8 Å². The Hall–Kier alpha value is -0.490. The number of rotatable bonds is 8. The zero-order valence-corrected chi connectivity index (χ0v) is 12.8. The molecule has 0 fully saturated rings. The van der Waals surface area contributed by atoms with Crippen molar-refractivity contribution in [1.29, 1.82) is 0 Å². The van der Waals surface area contributed by atoms with Gasteiger partial charge >= 0.3 is 0 Å². The van der Waals surface area contributed by atoms with Crippen LogP contribution in [0.1, 0.15) is 63.8 Å². The van der Waals surface area contributed by atoms with Gasteiger partial charge in [-0.3, -0.25) is 0 Å². The third-order valence-electron chi connectivity index (χ3n) is 3.87. The Morgan fingerprint density at radius 2 is 1.78 bits per heavy atom. The molecule has 1 heteroatoms. The van der Waals surface area contributed by atoms with Crippen LogP contribution in [-0.4, -0.2) is 0 Å². The minimum atomic E-state index is 0.155. The van der Waals surface area contributed by atoms with Crippen LogP contribution in [-0.2, 0) is 0 Å². The van der Waals surface area contributed by atoms with Crippen molar-refractivity contribution in [2.45, 2.75) is 58.3 Å². The molecule has 18 heavy (non-hydrogen) atoms. The van der Waals surface area contributed by atoms with Crippen molar-refractivity contribution in [2.75, 3.05) is 0 Å². The van der Waals surface area contributed by atoms with Crippen LogP contribution in [0.2, 0.25) is 0 Å². The van der Waals surface area contributed by atoms with Gasteiger partial charge in [0.15, 0.2) is 0 Å². The van der Waals surface area contributed by atoms with Gasteiger partial charge in [0.1, 0.15) is 0 Å². The van der Waals surface area contributed by atoms with E-state index < -0.39 is 0 Å². The first-order valence-corrected chi connectivity index (χ1v) is 7.81. The highest BCUT2D eigenvalue weighted by atomic mass is 35.5. The molecule has 1 rings (SSSR count). The highest BCUT2D eigenvalue weighted by Gasteiger charge is 2.19. The summed E-state index contributed by atoms with van der Waals surface area (Å²) in [5.74, 6) is 1.39. The van der Waals surface area contributed by atoms with Gasteiger partial charge in [0.25, 0.3) is 0 Å². The van der Waals surface area contributed by atoms with Crippen LogP contribution in [0, 0.1) is 11.8 Å². The maximum absolute atomic E-state index is 6.59. The molecule has 0 spiro atoms.